The molecule has 0 aromatic carbocycles. The van der Waals surface area contributed by atoms with E-state index in [-0.39, 0.29) is 16.1 Å². The molecular formula is C24H28IN9O2. The Bertz CT molecular complexity index is 1210. The number of ether oxygens (including phenoxy) is 1. The molecule has 12 heteroatoms. The fourth-order valence-electron chi connectivity index (χ4n) is 4.38. The van der Waals surface area contributed by atoms with Crippen LogP contribution in [0.2, 0.25) is 0 Å². The van der Waals surface area contributed by atoms with Crippen LogP contribution >= 0.6 is 22.6 Å². The minimum absolute atomic E-state index is 0.00706. The number of carbonyl (C=O) groups excluding carboxylic acids is 1. The van der Waals surface area contributed by atoms with Crippen molar-refractivity contribution in [1.82, 2.24) is 30.2 Å². The number of morpholine rings is 1. The summed E-state index contributed by atoms with van der Waals surface area (Å²) in [5.41, 5.74) is 2.90. The van der Waals surface area contributed by atoms with Crippen LogP contribution in [0.1, 0.15) is 25.1 Å². The second-order valence-electron chi connectivity index (χ2n) is 8.78. The Morgan fingerprint density at radius 1 is 1.19 bits per heavy atom. The van der Waals surface area contributed by atoms with Crippen molar-refractivity contribution in [2.45, 2.75) is 36.9 Å². The van der Waals surface area contributed by atoms with Gasteiger partial charge in [0.25, 0.3) is 0 Å². The molecule has 188 valence electrons. The van der Waals surface area contributed by atoms with Crippen LogP contribution < -0.4 is 20.4 Å². The number of rotatable bonds is 5. The van der Waals surface area contributed by atoms with Crippen LogP contribution in [0.15, 0.2) is 36.8 Å². The molecule has 0 saturated carbocycles. The number of fused-ring (bicyclic) bond motifs is 1. The summed E-state index contributed by atoms with van der Waals surface area (Å²) in [5, 5.41) is 5.52. The summed E-state index contributed by atoms with van der Waals surface area (Å²) in [5.74, 6) is 2.71. The minimum Gasteiger partial charge on any atom is -0.377 e. The highest BCUT2D eigenvalue weighted by Gasteiger charge is 2.29. The molecule has 2 unspecified atom stereocenters. The Morgan fingerprint density at radius 3 is 2.75 bits per heavy atom. The van der Waals surface area contributed by atoms with Gasteiger partial charge in [-0.2, -0.15) is 0 Å². The van der Waals surface area contributed by atoms with Crippen molar-refractivity contribution in [3.05, 3.63) is 48.0 Å². The highest BCUT2D eigenvalue weighted by atomic mass is 127. The third kappa shape index (κ3) is 5.48. The first kappa shape index (κ1) is 24.6. The number of hydrogen-bond acceptors (Lipinski definition) is 9. The Labute approximate surface area is 223 Å². The van der Waals surface area contributed by atoms with Crippen molar-refractivity contribution < 1.29 is 9.53 Å². The van der Waals surface area contributed by atoms with Gasteiger partial charge in [0.1, 0.15) is 11.6 Å². The summed E-state index contributed by atoms with van der Waals surface area (Å²) in [6.45, 7) is 7.56. The average Bonchev–Trinajstić information content (AvgIpc) is 2.88. The molecule has 1 fully saturated rings. The highest BCUT2D eigenvalue weighted by Crippen LogP contribution is 2.32. The van der Waals surface area contributed by atoms with Crippen molar-refractivity contribution >= 4 is 46.2 Å². The maximum Gasteiger partial charge on any atom is 0.321 e. The largest absolute Gasteiger partial charge is 0.377 e. The predicted octanol–water partition coefficient (Wildman–Crippen LogP) is 3.02. The molecule has 3 aromatic rings. The molecule has 36 heavy (non-hydrogen) atoms. The molecule has 0 radical (unpaired) electrons. The molecule has 0 spiro atoms. The van der Waals surface area contributed by atoms with Gasteiger partial charge in [0, 0.05) is 42.8 Å². The lowest BCUT2D eigenvalue weighted by molar-refractivity contribution is 0.0984. The van der Waals surface area contributed by atoms with E-state index in [1.807, 2.05) is 19.1 Å². The molecule has 2 amide bonds. The second kappa shape index (κ2) is 10.9. The topological polar surface area (TPSA) is 121 Å². The highest BCUT2D eigenvalue weighted by molar-refractivity contribution is 14.1. The molecular weight excluding hydrogens is 573 g/mol. The van der Waals surface area contributed by atoms with E-state index in [1.54, 1.807) is 24.7 Å². The van der Waals surface area contributed by atoms with Crippen LogP contribution in [0.25, 0.3) is 11.4 Å². The van der Waals surface area contributed by atoms with Gasteiger partial charge in [-0.15, -0.1) is 0 Å². The van der Waals surface area contributed by atoms with Gasteiger partial charge < -0.3 is 19.9 Å². The van der Waals surface area contributed by atoms with Gasteiger partial charge in [-0.25, -0.2) is 29.7 Å². The summed E-state index contributed by atoms with van der Waals surface area (Å²) in [7, 11) is 0. The van der Waals surface area contributed by atoms with Crippen molar-refractivity contribution in [2.24, 2.45) is 0 Å². The first-order chi connectivity index (χ1) is 17.5. The summed E-state index contributed by atoms with van der Waals surface area (Å²) < 4.78 is 5.68. The number of aromatic nitrogens is 5. The second-order valence-corrected chi connectivity index (χ2v) is 10.6. The van der Waals surface area contributed by atoms with Gasteiger partial charge in [0.05, 0.1) is 35.5 Å². The summed E-state index contributed by atoms with van der Waals surface area (Å²) in [6, 6.07) is 5.37. The van der Waals surface area contributed by atoms with Crippen molar-refractivity contribution in [1.29, 1.82) is 0 Å². The van der Waals surface area contributed by atoms with E-state index in [4.69, 9.17) is 14.7 Å². The molecule has 2 aliphatic heterocycles. The number of halogens is 1. The number of nitrogens with one attached hydrogen (secondary N) is 2. The zero-order valence-electron chi connectivity index (χ0n) is 20.2. The number of carbonyl (C=O) groups is 1. The zero-order valence-corrected chi connectivity index (χ0v) is 22.3. The molecule has 0 aliphatic carbocycles. The van der Waals surface area contributed by atoms with E-state index < -0.39 is 0 Å². The molecule has 1 saturated heterocycles. The normalized spacial score (nSPS) is 18.4. The smallest absolute Gasteiger partial charge is 0.321 e. The van der Waals surface area contributed by atoms with Gasteiger partial charge in [0.2, 0.25) is 5.95 Å². The van der Waals surface area contributed by atoms with E-state index >= 15 is 0 Å². The Morgan fingerprint density at radius 2 is 2.03 bits per heavy atom. The molecule has 3 aromatic heterocycles. The summed E-state index contributed by atoms with van der Waals surface area (Å²) in [4.78, 5) is 39.7. The van der Waals surface area contributed by atoms with Gasteiger partial charge in [0.15, 0.2) is 5.82 Å². The van der Waals surface area contributed by atoms with Gasteiger partial charge >= 0.3 is 6.03 Å². The number of hydrogen-bond donors (Lipinski definition) is 2. The number of nitrogens with zero attached hydrogens (tertiary/aromatic N) is 7. The Balaban J connectivity index is 1.47. The third-order valence-corrected chi connectivity index (χ3v) is 6.42. The van der Waals surface area contributed by atoms with Crippen molar-refractivity contribution in [3.63, 3.8) is 0 Å². The SMILES string of the molecule is CC(I)NC(=O)Nc1ccc(-c2nc3c(c(N4CCOCC4C)n2)CCN(c2ncccn2)C3)cn1. The average molecular weight is 601 g/mol. The standard InChI is InChI=1S/C24H28IN9O2/c1-15-14-36-11-10-34(15)22-18-6-9-33(23-26-7-3-8-27-23)13-19(18)30-21(32-22)17-4-5-20(28-12-17)31-24(35)29-16(2)25/h3-5,7-8,12,15-16H,6,9-11,13-14H2,1-2H3,(H2,28,29,31,35). The van der Waals surface area contributed by atoms with Gasteiger partial charge in [-0.05, 0) is 38.5 Å². The summed E-state index contributed by atoms with van der Waals surface area (Å²) in [6.07, 6.45) is 6.01. The first-order valence-electron chi connectivity index (χ1n) is 11.9. The molecule has 2 aliphatic rings. The van der Waals surface area contributed by atoms with E-state index in [9.17, 15) is 4.79 Å². The Hall–Kier alpha value is -3.13. The molecule has 2 N–H and O–H groups in total. The van der Waals surface area contributed by atoms with Crippen LogP contribution in [0.3, 0.4) is 0 Å². The van der Waals surface area contributed by atoms with Crippen LogP contribution in [0.5, 0.6) is 0 Å². The number of alkyl halides is 1. The van der Waals surface area contributed by atoms with Crippen molar-refractivity contribution in [2.75, 3.05) is 41.4 Å². The van der Waals surface area contributed by atoms with Crippen LogP contribution in [-0.2, 0) is 17.7 Å². The van der Waals surface area contributed by atoms with Crippen LogP contribution in [0, 0.1) is 0 Å². The van der Waals surface area contributed by atoms with Crippen LogP contribution in [0.4, 0.5) is 22.4 Å². The van der Waals surface area contributed by atoms with Gasteiger partial charge in [-0.3, -0.25) is 5.32 Å². The lowest BCUT2D eigenvalue weighted by Crippen LogP contribution is -2.45. The zero-order chi connectivity index (χ0) is 25.1. The molecule has 11 nitrogen and oxygen atoms in total. The fourth-order valence-corrected chi connectivity index (χ4v) is 4.66. The molecule has 5 rings (SSSR count). The molecule has 2 atom stereocenters. The van der Waals surface area contributed by atoms with Gasteiger partial charge in [-0.1, -0.05) is 22.6 Å². The van der Waals surface area contributed by atoms with E-state index in [2.05, 4.69) is 64.9 Å². The quantitative estimate of drug-likeness (QED) is 0.258. The first-order valence-corrected chi connectivity index (χ1v) is 13.2. The maximum atomic E-state index is 12.0. The molecule has 0 bridgehead atoms. The monoisotopic (exact) mass is 601 g/mol. The fraction of sp³-hybridized carbons (Fsp3) is 0.417. The lowest BCUT2D eigenvalue weighted by Gasteiger charge is -2.37. The van der Waals surface area contributed by atoms with E-state index in [0.717, 1.165) is 42.1 Å². The number of urea groups is 1. The number of pyridine rings is 1. The number of amides is 2. The maximum absolute atomic E-state index is 12.0. The lowest BCUT2D eigenvalue weighted by atomic mass is 10.0. The summed E-state index contributed by atoms with van der Waals surface area (Å²) >= 11 is 2.13. The van der Waals surface area contributed by atoms with E-state index in [1.165, 1.54) is 0 Å². The van der Waals surface area contributed by atoms with Crippen molar-refractivity contribution in [3.8, 4) is 11.4 Å². The third-order valence-electron chi connectivity index (χ3n) is 6.11. The predicted molar refractivity (Wildman–Crippen MR) is 145 cm³/mol. The number of anilines is 3. The Kier molecular flexibility index (Phi) is 7.41. The van der Waals surface area contributed by atoms with Crippen LogP contribution in [-0.4, -0.2) is 67.3 Å². The van der Waals surface area contributed by atoms with E-state index in [0.29, 0.717) is 37.3 Å². The minimum atomic E-state index is -0.297. The molecule has 5 heterocycles.